The fourth-order valence-corrected chi connectivity index (χ4v) is 3.77. The quantitative estimate of drug-likeness (QED) is 0.276. The second-order valence-corrected chi connectivity index (χ2v) is 8.21. The number of hydrogen-bond acceptors (Lipinski definition) is 3. The lowest BCUT2D eigenvalue weighted by Crippen LogP contribution is -2.39. The van der Waals surface area contributed by atoms with Crippen LogP contribution in [0, 0.1) is 5.92 Å². The summed E-state index contributed by atoms with van der Waals surface area (Å²) in [6.45, 7) is 15.7. The Hall–Kier alpha value is -1.65. The van der Waals surface area contributed by atoms with Gasteiger partial charge in [0, 0.05) is 31.6 Å². The van der Waals surface area contributed by atoms with Crippen molar-refractivity contribution in [1.29, 1.82) is 0 Å². The monoisotopic (exact) mass is 435 g/mol. The number of carbonyl (C=O) groups excluding carboxylic acids is 2. The average Bonchev–Trinajstić information content (AvgIpc) is 3.30. The Bertz CT molecular complexity index is 587. The Morgan fingerprint density at radius 2 is 1.52 bits per heavy atom. The fourth-order valence-electron chi connectivity index (χ4n) is 3.77. The summed E-state index contributed by atoms with van der Waals surface area (Å²) in [7, 11) is 0. The standard InChI is InChI=1S/C22H37N3O2.2C2H6/c1-4-5-6-7-8-9-10-11-21(26)24-14-12-20(13-15-24)25-17-19(16-23-25)22(27)18(2)3;2*1-2/h16-18,20H,4-15H2,1-3H3;2*1-2H3. The van der Waals surface area contributed by atoms with Crippen LogP contribution in [-0.4, -0.2) is 39.5 Å². The second kappa shape index (κ2) is 18.0. The number of aromatic nitrogens is 2. The molecule has 0 aliphatic carbocycles. The highest BCUT2D eigenvalue weighted by molar-refractivity contribution is 5.96. The number of unbranched alkanes of at least 4 members (excludes halogenated alkanes) is 6. The summed E-state index contributed by atoms with van der Waals surface area (Å²) in [5.41, 5.74) is 0.697. The minimum Gasteiger partial charge on any atom is -0.343 e. The maximum absolute atomic E-state index is 12.4. The highest BCUT2D eigenvalue weighted by atomic mass is 16.2. The summed E-state index contributed by atoms with van der Waals surface area (Å²) in [5, 5.41) is 4.40. The minimum atomic E-state index is -0.00577. The van der Waals surface area contributed by atoms with Crippen molar-refractivity contribution in [2.75, 3.05) is 13.1 Å². The number of rotatable bonds is 11. The summed E-state index contributed by atoms with van der Waals surface area (Å²) >= 11 is 0. The first-order valence-corrected chi connectivity index (χ1v) is 12.9. The van der Waals surface area contributed by atoms with Crippen molar-refractivity contribution in [3.05, 3.63) is 18.0 Å². The van der Waals surface area contributed by atoms with Crippen LogP contribution in [0.3, 0.4) is 0 Å². The Morgan fingerprint density at radius 1 is 0.968 bits per heavy atom. The van der Waals surface area contributed by atoms with E-state index in [-0.39, 0.29) is 11.7 Å². The molecule has 2 rings (SSSR count). The molecule has 1 aliphatic heterocycles. The van der Waals surface area contributed by atoms with Gasteiger partial charge in [0.1, 0.15) is 0 Å². The van der Waals surface area contributed by atoms with Gasteiger partial charge in [0.25, 0.3) is 0 Å². The molecule has 180 valence electrons. The van der Waals surface area contributed by atoms with E-state index in [2.05, 4.69) is 12.0 Å². The molecule has 0 saturated carbocycles. The van der Waals surface area contributed by atoms with Gasteiger partial charge >= 0.3 is 0 Å². The van der Waals surface area contributed by atoms with Crippen molar-refractivity contribution in [1.82, 2.24) is 14.7 Å². The number of amides is 1. The average molecular weight is 436 g/mol. The van der Waals surface area contributed by atoms with Crippen LogP contribution in [0.25, 0.3) is 0 Å². The van der Waals surface area contributed by atoms with Gasteiger partial charge in [-0.2, -0.15) is 5.10 Å². The van der Waals surface area contributed by atoms with Crippen LogP contribution in [-0.2, 0) is 4.79 Å². The zero-order valence-electron chi connectivity index (χ0n) is 21.5. The van der Waals surface area contributed by atoms with Crippen molar-refractivity contribution in [3.63, 3.8) is 0 Å². The molecule has 0 radical (unpaired) electrons. The zero-order chi connectivity index (χ0) is 23.6. The number of ketones is 1. The summed E-state index contributed by atoms with van der Waals surface area (Å²) < 4.78 is 1.92. The predicted molar refractivity (Wildman–Crippen MR) is 132 cm³/mol. The van der Waals surface area contributed by atoms with Gasteiger partial charge in [-0.25, -0.2) is 0 Å². The van der Waals surface area contributed by atoms with E-state index in [4.69, 9.17) is 0 Å². The van der Waals surface area contributed by atoms with E-state index in [1.807, 2.05) is 57.3 Å². The van der Waals surface area contributed by atoms with Crippen LogP contribution in [0.1, 0.15) is 129 Å². The third-order valence-corrected chi connectivity index (χ3v) is 5.60. The molecule has 0 atom stereocenters. The second-order valence-electron chi connectivity index (χ2n) is 8.21. The first-order chi connectivity index (χ1) is 15.0. The Morgan fingerprint density at radius 3 is 2.06 bits per heavy atom. The summed E-state index contributed by atoms with van der Waals surface area (Å²) in [6.07, 6.45) is 14.8. The first-order valence-electron chi connectivity index (χ1n) is 12.9. The molecule has 5 heteroatoms. The number of nitrogens with zero attached hydrogens (tertiary/aromatic N) is 3. The number of hydrogen-bond donors (Lipinski definition) is 0. The largest absolute Gasteiger partial charge is 0.343 e. The van der Waals surface area contributed by atoms with Gasteiger partial charge in [0.2, 0.25) is 5.91 Å². The van der Waals surface area contributed by atoms with Gasteiger partial charge in [-0.1, -0.05) is 87.0 Å². The van der Waals surface area contributed by atoms with Crippen LogP contribution in [0.4, 0.5) is 0 Å². The van der Waals surface area contributed by atoms with Crippen LogP contribution in [0.15, 0.2) is 12.4 Å². The highest BCUT2D eigenvalue weighted by Gasteiger charge is 2.24. The van der Waals surface area contributed by atoms with Crippen molar-refractivity contribution >= 4 is 11.7 Å². The van der Waals surface area contributed by atoms with Crippen LogP contribution in [0.5, 0.6) is 0 Å². The summed E-state index contributed by atoms with van der Waals surface area (Å²) in [6, 6.07) is 0.293. The van der Waals surface area contributed by atoms with Crippen LogP contribution >= 0.6 is 0 Å². The molecule has 5 nitrogen and oxygen atoms in total. The van der Waals surface area contributed by atoms with Crippen molar-refractivity contribution < 1.29 is 9.59 Å². The molecule has 1 fully saturated rings. The normalized spacial score (nSPS) is 13.9. The molecule has 2 heterocycles. The van der Waals surface area contributed by atoms with Gasteiger partial charge < -0.3 is 4.90 Å². The van der Waals surface area contributed by atoms with Gasteiger partial charge in [0.05, 0.1) is 17.8 Å². The molecule has 0 N–H and O–H groups in total. The number of carbonyl (C=O) groups is 2. The number of likely N-dealkylation sites (tertiary alicyclic amines) is 1. The number of Topliss-reactive ketones (excluding diaryl/α,β-unsaturated/α-hetero) is 1. The highest BCUT2D eigenvalue weighted by Crippen LogP contribution is 2.23. The Labute approximate surface area is 192 Å². The summed E-state index contributed by atoms with van der Waals surface area (Å²) in [4.78, 5) is 26.5. The van der Waals surface area contributed by atoms with E-state index < -0.39 is 0 Å². The minimum absolute atomic E-state index is 0.00577. The van der Waals surface area contributed by atoms with Crippen LogP contribution < -0.4 is 0 Å². The summed E-state index contributed by atoms with van der Waals surface area (Å²) in [5.74, 6) is 0.440. The van der Waals surface area contributed by atoms with E-state index in [9.17, 15) is 9.59 Å². The van der Waals surface area contributed by atoms with Crippen molar-refractivity contribution in [2.45, 2.75) is 119 Å². The first kappa shape index (κ1) is 29.4. The molecule has 1 aromatic heterocycles. The van der Waals surface area contributed by atoms with E-state index in [0.717, 1.165) is 32.4 Å². The van der Waals surface area contributed by atoms with Crippen molar-refractivity contribution in [3.8, 4) is 0 Å². The lowest BCUT2D eigenvalue weighted by molar-refractivity contribution is -0.132. The molecule has 0 aromatic carbocycles. The van der Waals surface area contributed by atoms with Gasteiger partial charge in [0.15, 0.2) is 5.78 Å². The third-order valence-electron chi connectivity index (χ3n) is 5.60. The Kier molecular flexibility index (Phi) is 17.0. The van der Waals surface area contributed by atoms with E-state index in [0.29, 0.717) is 23.9 Å². The van der Waals surface area contributed by atoms with Crippen molar-refractivity contribution in [2.24, 2.45) is 5.92 Å². The molecule has 1 aliphatic rings. The fraction of sp³-hybridized carbons (Fsp3) is 0.808. The molecule has 1 amide bonds. The predicted octanol–water partition coefficient (Wildman–Crippen LogP) is 7.08. The topological polar surface area (TPSA) is 55.2 Å². The Balaban J connectivity index is 0.00000212. The molecule has 1 aromatic rings. The maximum Gasteiger partial charge on any atom is 0.222 e. The molecule has 31 heavy (non-hydrogen) atoms. The lowest BCUT2D eigenvalue weighted by Gasteiger charge is -2.32. The van der Waals surface area contributed by atoms with Crippen LogP contribution in [0.2, 0.25) is 0 Å². The van der Waals surface area contributed by atoms with E-state index in [1.165, 1.54) is 38.5 Å². The zero-order valence-corrected chi connectivity index (χ0v) is 21.5. The van der Waals surface area contributed by atoms with E-state index in [1.54, 1.807) is 6.20 Å². The number of piperidine rings is 1. The molecule has 1 saturated heterocycles. The molecule has 0 unspecified atom stereocenters. The molecule has 0 spiro atoms. The van der Waals surface area contributed by atoms with Gasteiger partial charge in [-0.15, -0.1) is 0 Å². The SMILES string of the molecule is CC.CC.CCCCCCCCCC(=O)N1CCC(n2cc(C(=O)C(C)C)cn2)CC1. The lowest BCUT2D eigenvalue weighted by atomic mass is 10.0. The molecular weight excluding hydrogens is 386 g/mol. The van der Waals surface area contributed by atoms with Gasteiger partial charge in [-0.3, -0.25) is 14.3 Å². The van der Waals surface area contributed by atoms with E-state index >= 15 is 0 Å². The third kappa shape index (κ3) is 11.0. The van der Waals surface area contributed by atoms with Gasteiger partial charge in [-0.05, 0) is 19.3 Å². The smallest absolute Gasteiger partial charge is 0.222 e. The maximum atomic E-state index is 12.4. The molecular formula is C26H49N3O2. The molecule has 0 bridgehead atoms.